The van der Waals surface area contributed by atoms with Crippen LogP contribution in [0.15, 0.2) is 24.8 Å². The number of imidazole rings is 2. The van der Waals surface area contributed by atoms with Crippen LogP contribution >= 0.6 is 0 Å². The molecule has 0 radical (unpaired) electrons. The summed E-state index contributed by atoms with van der Waals surface area (Å²) in [5.41, 5.74) is 0. The monoisotopic (exact) mass is 591 g/mol. The molecule has 2 rings (SSSR count). The minimum absolute atomic E-state index is 0. The number of aromatic nitrogens is 4. The summed E-state index contributed by atoms with van der Waals surface area (Å²) in [6, 6.07) is 0. The Labute approximate surface area is 233 Å². The minimum Gasteiger partial charge on any atom is -1.00 e. The van der Waals surface area contributed by atoms with Gasteiger partial charge >= 0.3 is 11.9 Å². The summed E-state index contributed by atoms with van der Waals surface area (Å²) in [5.74, 6) is -0.521. The topological polar surface area (TPSA) is 212 Å². The van der Waals surface area contributed by atoms with E-state index in [-0.39, 0.29) is 62.2 Å². The van der Waals surface area contributed by atoms with Crippen LogP contribution in [-0.4, -0.2) is 90.6 Å². The maximum Gasteiger partial charge on any atom is 0.434 e. The molecule has 2 aromatic rings. The molecule has 2 unspecified atom stereocenters. The Bertz CT molecular complexity index is 819. The summed E-state index contributed by atoms with van der Waals surface area (Å²) in [4.78, 5) is 27.9. The van der Waals surface area contributed by atoms with E-state index in [0.29, 0.717) is 13.1 Å². The van der Waals surface area contributed by atoms with Crippen LogP contribution in [0.2, 0.25) is 0 Å². The van der Waals surface area contributed by atoms with E-state index in [0.717, 1.165) is 45.4 Å². The molecule has 214 valence electrons. The second-order valence-corrected chi connectivity index (χ2v) is 8.13. The maximum absolute atomic E-state index is 10.8. The first-order chi connectivity index (χ1) is 16.4. The Hall–Kier alpha value is -2.11. The molecule has 2 heterocycles. The average Bonchev–Trinajstić information content (AvgIpc) is 3.44. The van der Waals surface area contributed by atoms with Gasteiger partial charge in [-0.2, -0.15) is 0 Å². The van der Waals surface area contributed by atoms with Gasteiger partial charge in [0.05, 0.1) is 26.2 Å². The van der Waals surface area contributed by atoms with Gasteiger partial charge in [0.2, 0.25) is 0 Å². The quantitative estimate of drug-likeness (QED) is 0.0599. The summed E-state index contributed by atoms with van der Waals surface area (Å²) >= 11 is 0. The first kappa shape index (κ1) is 37.0. The third kappa shape index (κ3) is 14.4. The Morgan fingerprint density at radius 2 is 1.11 bits per heavy atom. The zero-order chi connectivity index (χ0) is 24.8. The summed E-state index contributed by atoms with van der Waals surface area (Å²) in [5, 5.41) is 48.0. The lowest BCUT2D eigenvalue weighted by molar-refractivity contribution is -0.685. The Balaban J connectivity index is 0. The zero-order valence-electron chi connectivity index (χ0n) is 20.3. The first-order valence-corrected chi connectivity index (χ1v) is 11.5. The van der Waals surface area contributed by atoms with Gasteiger partial charge in [-0.15, -0.1) is 0 Å². The van der Waals surface area contributed by atoms with Crippen molar-refractivity contribution in [3.63, 3.8) is 0 Å². The molecule has 37 heavy (non-hydrogen) atoms. The molecule has 8 N–H and O–H groups in total. The van der Waals surface area contributed by atoms with Gasteiger partial charge in [0.25, 0.3) is 0 Å². The van der Waals surface area contributed by atoms with Gasteiger partial charge in [0, 0.05) is 19.3 Å². The van der Waals surface area contributed by atoms with Crippen molar-refractivity contribution in [3.8, 4) is 0 Å². The summed E-state index contributed by atoms with van der Waals surface area (Å²) in [6.07, 6.45) is 7.41. The molecule has 18 heteroatoms. The van der Waals surface area contributed by atoms with Crippen LogP contribution in [0.3, 0.4) is 0 Å². The lowest BCUT2D eigenvalue weighted by Gasteiger charge is -2.09. The van der Waals surface area contributed by atoms with Crippen LogP contribution in [0.4, 0.5) is 11.9 Å². The van der Waals surface area contributed by atoms with Crippen molar-refractivity contribution in [2.24, 2.45) is 0 Å². The predicted octanol–water partition coefficient (Wildman–Crippen LogP) is -12.8. The minimum atomic E-state index is -0.679. The highest BCUT2D eigenvalue weighted by Crippen LogP contribution is 2.08. The van der Waals surface area contributed by atoms with Gasteiger partial charge in [-0.3, -0.25) is 0 Å². The predicted molar refractivity (Wildman–Crippen MR) is 119 cm³/mol. The molecular formula is C19H36Cl3N9O6. The molecule has 0 spiro atoms. The zero-order valence-corrected chi connectivity index (χ0v) is 22.6. The van der Waals surface area contributed by atoms with Crippen molar-refractivity contribution in [1.29, 1.82) is 0 Å². The van der Waals surface area contributed by atoms with Gasteiger partial charge in [0.15, 0.2) is 0 Å². The number of nitrogens with zero attached hydrogens (tertiary/aromatic N) is 6. The fraction of sp³-hybridized carbons (Fsp3) is 0.684. The number of hydrogen-bond acceptors (Lipinski definition) is 8. The van der Waals surface area contributed by atoms with E-state index in [4.69, 9.17) is 0 Å². The second-order valence-electron chi connectivity index (χ2n) is 8.13. The summed E-state index contributed by atoms with van der Waals surface area (Å²) in [7, 11) is 0. The molecule has 0 aromatic carbocycles. The van der Waals surface area contributed by atoms with Crippen molar-refractivity contribution in [3.05, 3.63) is 45.0 Å². The van der Waals surface area contributed by atoms with Crippen LogP contribution in [0.5, 0.6) is 0 Å². The van der Waals surface area contributed by atoms with E-state index in [2.05, 4.69) is 15.3 Å². The Morgan fingerprint density at radius 3 is 1.54 bits per heavy atom. The molecule has 2 aromatic heterocycles. The highest BCUT2D eigenvalue weighted by atomic mass is 35.5. The number of unbranched alkanes of at least 4 members (excludes halogenated alkanes) is 1. The molecule has 0 aliphatic rings. The van der Waals surface area contributed by atoms with Crippen LogP contribution in [0, 0.1) is 20.2 Å². The van der Waals surface area contributed by atoms with Gasteiger partial charge in [-0.25, -0.2) is 9.13 Å². The Morgan fingerprint density at radius 1 is 0.730 bits per heavy atom. The number of rotatable bonds is 19. The lowest BCUT2D eigenvalue weighted by atomic mass is 10.3. The Kier molecular flexibility index (Phi) is 20.9. The fourth-order valence-corrected chi connectivity index (χ4v) is 3.58. The normalized spacial score (nSPS) is 12.1. The number of quaternary nitrogens is 3. The van der Waals surface area contributed by atoms with Crippen LogP contribution in [0.1, 0.15) is 19.3 Å². The molecule has 0 aliphatic heterocycles. The molecule has 0 amide bonds. The molecular weight excluding hydrogens is 557 g/mol. The number of aliphatic hydroxyl groups excluding tert-OH is 2. The van der Waals surface area contributed by atoms with E-state index >= 15 is 0 Å². The summed E-state index contributed by atoms with van der Waals surface area (Å²) < 4.78 is 2.69. The van der Waals surface area contributed by atoms with E-state index < -0.39 is 22.1 Å². The van der Waals surface area contributed by atoms with E-state index in [1.165, 1.54) is 33.9 Å². The molecule has 15 nitrogen and oxygen atoms in total. The second kappa shape index (κ2) is 20.9. The van der Waals surface area contributed by atoms with E-state index in [1.807, 2.05) is 10.6 Å². The molecule has 0 aliphatic carbocycles. The number of nitro groups is 2. The van der Waals surface area contributed by atoms with Gasteiger partial charge in [-0.05, 0) is 9.85 Å². The van der Waals surface area contributed by atoms with Crippen LogP contribution in [-0.2, 0) is 13.1 Å². The standard InChI is InChI=1S/C19H33N9O6.3ClH/c29-16(14-25-10-8-23-18(25)27(31)32)12-21-5-2-1-4-20-6-3-7-22-13-17(30)15-26-11-9-24-19(26)28(33)34;;;/h8-11,16-17,20-22,29-30H,1-7,12-15H2;3*1H. The lowest BCUT2D eigenvalue weighted by Crippen LogP contribution is -3.00. The largest absolute Gasteiger partial charge is 1.00 e. The maximum atomic E-state index is 10.8. The number of aliphatic hydroxyl groups is 2. The molecule has 0 fully saturated rings. The van der Waals surface area contributed by atoms with E-state index in [1.54, 1.807) is 0 Å². The van der Waals surface area contributed by atoms with Gasteiger partial charge in [-0.1, -0.05) is 9.97 Å². The van der Waals surface area contributed by atoms with Crippen molar-refractivity contribution < 1.29 is 73.2 Å². The number of halogens is 3. The average molecular weight is 593 g/mol. The van der Waals surface area contributed by atoms with Gasteiger partial charge < -0.3 is 83.6 Å². The first-order valence-electron chi connectivity index (χ1n) is 11.5. The van der Waals surface area contributed by atoms with Gasteiger partial charge in [0.1, 0.15) is 63.2 Å². The van der Waals surface area contributed by atoms with E-state index in [9.17, 15) is 30.4 Å². The molecule has 0 bridgehead atoms. The summed E-state index contributed by atoms with van der Waals surface area (Å²) in [6.45, 7) is 5.03. The van der Waals surface area contributed by atoms with Crippen LogP contribution in [0.25, 0.3) is 0 Å². The SMILES string of the molecule is O=[N+]([O-])c1nccn1CC(O)C[NH2+]CCCC[NH2+]CCC[NH2+]CC(O)Cn1ccnc1[N+](=O)[O-].[Cl-].[Cl-].[Cl-]. The third-order valence-corrected chi connectivity index (χ3v) is 5.29. The van der Waals surface area contributed by atoms with Crippen molar-refractivity contribution in [1.82, 2.24) is 19.1 Å². The smallest absolute Gasteiger partial charge is 0.434 e. The number of nitrogens with two attached hydrogens (primary N) is 3. The van der Waals surface area contributed by atoms with Crippen LogP contribution < -0.4 is 53.2 Å². The highest BCUT2D eigenvalue weighted by Gasteiger charge is 2.19. The fourth-order valence-electron chi connectivity index (χ4n) is 3.58. The molecule has 0 saturated carbocycles. The molecule has 2 atom stereocenters. The number of hydrogen-bond donors (Lipinski definition) is 5. The third-order valence-electron chi connectivity index (χ3n) is 5.29. The highest BCUT2D eigenvalue weighted by molar-refractivity contribution is 5.07. The van der Waals surface area contributed by atoms with Crippen molar-refractivity contribution >= 4 is 11.9 Å². The van der Waals surface area contributed by atoms with Crippen molar-refractivity contribution in [2.75, 3.05) is 39.3 Å². The van der Waals surface area contributed by atoms with Crippen molar-refractivity contribution in [2.45, 2.75) is 44.6 Å². The molecule has 0 saturated heterocycles.